The third-order valence-electron chi connectivity index (χ3n) is 2.39. The molecule has 0 aliphatic carbocycles. The third kappa shape index (κ3) is 2.83. The average molecular weight is 271 g/mol. The molecule has 0 radical (unpaired) electrons. The normalized spacial score (nSPS) is 10.8. The van der Waals surface area contributed by atoms with Crippen LogP contribution in [0.25, 0.3) is 11.4 Å². The van der Waals surface area contributed by atoms with Crippen LogP contribution in [0, 0.1) is 5.82 Å². The van der Waals surface area contributed by atoms with E-state index in [1.807, 2.05) is 0 Å². The molecule has 0 spiro atoms. The zero-order valence-corrected chi connectivity index (χ0v) is 10.6. The highest BCUT2D eigenvalue weighted by molar-refractivity contribution is 6.28. The minimum Gasteiger partial charge on any atom is -0.385 e. The maximum atomic E-state index is 13.7. The first-order valence-electron chi connectivity index (χ1n) is 5.41. The van der Waals surface area contributed by atoms with E-state index in [1.165, 1.54) is 0 Å². The fraction of sp³-hybridized carbons (Fsp3) is 0.364. The molecule has 0 aliphatic heterocycles. The van der Waals surface area contributed by atoms with Gasteiger partial charge in [-0.2, -0.15) is 5.10 Å². The Balaban J connectivity index is 2.27. The molecule has 0 bridgehead atoms. The standard InChI is InChI=1S/C11H12ClFN4O/c1-18-6-2-5-17-9(3-4-15-17)10-8(13)7-14-11(12)16-10/h3-4,7H,2,5-6H2,1H3. The van der Waals surface area contributed by atoms with Crippen LogP contribution >= 0.6 is 11.6 Å². The number of nitrogens with zero attached hydrogens (tertiary/aromatic N) is 4. The summed E-state index contributed by atoms with van der Waals surface area (Å²) in [5.74, 6) is -0.520. The highest BCUT2D eigenvalue weighted by Crippen LogP contribution is 2.21. The number of aryl methyl sites for hydroxylation is 1. The van der Waals surface area contributed by atoms with Crippen LogP contribution in [0.15, 0.2) is 18.5 Å². The van der Waals surface area contributed by atoms with E-state index in [0.717, 1.165) is 12.6 Å². The van der Waals surface area contributed by atoms with E-state index in [-0.39, 0.29) is 11.0 Å². The van der Waals surface area contributed by atoms with E-state index >= 15 is 0 Å². The third-order valence-corrected chi connectivity index (χ3v) is 2.57. The Morgan fingerprint density at radius 1 is 1.50 bits per heavy atom. The fourth-order valence-electron chi connectivity index (χ4n) is 1.60. The van der Waals surface area contributed by atoms with Gasteiger partial charge in [0.25, 0.3) is 0 Å². The predicted molar refractivity (Wildman–Crippen MR) is 64.7 cm³/mol. The molecule has 0 saturated heterocycles. The molecule has 96 valence electrons. The van der Waals surface area contributed by atoms with Gasteiger partial charge in [0.05, 0.1) is 11.9 Å². The summed E-state index contributed by atoms with van der Waals surface area (Å²) >= 11 is 5.67. The number of rotatable bonds is 5. The Morgan fingerprint density at radius 2 is 2.33 bits per heavy atom. The van der Waals surface area contributed by atoms with Crippen LogP contribution in [-0.2, 0) is 11.3 Å². The Bertz CT molecular complexity index is 532. The van der Waals surface area contributed by atoms with Crippen LogP contribution in [0.4, 0.5) is 4.39 Å². The van der Waals surface area contributed by atoms with Crippen molar-refractivity contribution in [2.45, 2.75) is 13.0 Å². The molecule has 7 heteroatoms. The van der Waals surface area contributed by atoms with E-state index in [9.17, 15) is 4.39 Å². The monoisotopic (exact) mass is 270 g/mol. The van der Waals surface area contributed by atoms with Crippen molar-refractivity contribution in [3.8, 4) is 11.4 Å². The summed E-state index contributed by atoms with van der Waals surface area (Å²) in [7, 11) is 1.63. The number of halogens is 2. The molecule has 0 N–H and O–H groups in total. The van der Waals surface area contributed by atoms with Crippen molar-refractivity contribution in [1.29, 1.82) is 0 Å². The van der Waals surface area contributed by atoms with Crippen molar-refractivity contribution in [2.75, 3.05) is 13.7 Å². The molecular weight excluding hydrogens is 259 g/mol. The smallest absolute Gasteiger partial charge is 0.223 e. The predicted octanol–water partition coefficient (Wildman–Crippen LogP) is 2.17. The molecule has 0 amide bonds. The second kappa shape index (κ2) is 5.88. The van der Waals surface area contributed by atoms with Crippen molar-refractivity contribution in [3.63, 3.8) is 0 Å². The van der Waals surface area contributed by atoms with Gasteiger partial charge in [-0.25, -0.2) is 14.4 Å². The molecule has 0 fully saturated rings. The first kappa shape index (κ1) is 12.9. The zero-order chi connectivity index (χ0) is 13.0. The maximum absolute atomic E-state index is 13.7. The van der Waals surface area contributed by atoms with E-state index in [4.69, 9.17) is 16.3 Å². The SMILES string of the molecule is COCCCn1nccc1-c1nc(Cl)ncc1F. The number of hydrogen-bond donors (Lipinski definition) is 0. The van der Waals surface area contributed by atoms with Crippen LogP contribution in [0.2, 0.25) is 5.28 Å². The first-order chi connectivity index (χ1) is 8.72. The lowest BCUT2D eigenvalue weighted by Gasteiger charge is -2.07. The molecule has 2 heterocycles. The second-order valence-corrected chi connectivity index (χ2v) is 3.96. The molecule has 0 atom stereocenters. The molecular formula is C11H12ClFN4O. The minimum absolute atomic E-state index is 0.0102. The largest absolute Gasteiger partial charge is 0.385 e. The summed E-state index contributed by atoms with van der Waals surface area (Å²) in [6.07, 6.45) is 3.43. The van der Waals surface area contributed by atoms with E-state index < -0.39 is 5.82 Å². The molecule has 2 aromatic heterocycles. The maximum Gasteiger partial charge on any atom is 0.223 e. The average Bonchev–Trinajstić information content (AvgIpc) is 2.81. The quantitative estimate of drug-likeness (QED) is 0.617. The van der Waals surface area contributed by atoms with Gasteiger partial charge in [0.1, 0.15) is 5.69 Å². The molecule has 2 rings (SSSR count). The lowest BCUT2D eigenvalue weighted by Crippen LogP contribution is -2.06. The van der Waals surface area contributed by atoms with Crippen LogP contribution in [0.5, 0.6) is 0 Å². The molecule has 0 unspecified atom stereocenters. The lowest BCUT2D eigenvalue weighted by atomic mass is 10.3. The minimum atomic E-state index is -0.520. The molecule has 5 nitrogen and oxygen atoms in total. The van der Waals surface area contributed by atoms with Crippen molar-refractivity contribution < 1.29 is 9.13 Å². The molecule has 18 heavy (non-hydrogen) atoms. The molecule has 0 saturated carbocycles. The lowest BCUT2D eigenvalue weighted by molar-refractivity contribution is 0.189. The van der Waals surface area contributed by atoms with Gasteiger partial charge in [-0.3, -0.25) is 4.68 Å². The van der Waals surface area contributed by atoms with E-state index in [2.05, 4.69) is 15.1 Å². The zero-order valence-electron chi connectivity index (χ0n) is 9.81. The fourth-order valence-corrected chi connectivity index (χ4v) is 1.73. The van der Waals surface area contributed by atoms with Crippen molar-refractivity contribution in [1.82, 2.24) is 19.7 Å². The second-order valence-electron chi connectivity index (χ2n) is 3.62. The van der Waals surface area contributed by atoms with E-state index in [1.54, 1.807) is 24.1 Å². The van der Waals surface area contributed by atoms with Crippen LogP contribution < -0.4 is 0 Å². The summed E-state index contributed by atoms with van der Waals surface area (Å²) in [4.78, 5) is 7.48. The van der Waals surface area contributed by atoms with Gasteiger partial charge < -0.3 is 4.74 Å². The molecule has 0 aromatic carbocycles. The molecule has 2 aromatic rings. The van der Waals surface area contributed by atoms with Gasteiger partial charge in [-0.15, -0.1) is 0 Å². The topological polar surface area (TPSA) is 52.8 Å². The Morgan fingerprint density at radius 3 is 3.11 bits per heavy atom. The van der Waals surface area contributed by atoms with Crippen LogP contribution in [0.3, 0.4) is 0 Å². The highest BCUT2D eigenvalue weighted by Gasteiger charge is 2.13. The van der Waals surface area contributed by atoms with Gasteiger partial charge in [0, 0.05) is 26.5 Å². The summed E-state index contributed by atoms with van der Waals surface area (Å²) in [5.41, 5.74) is 0.734. The van der Waals surface area contributed by atoms with Gasteiger partial charge >= 0.3 is 0 Å². The summed E-state index contributed by atoms with van der Waals surface area (Å²) < 4.78 is 20.3. The van der Waals surface area contributed by atoms with Gasteiger partial charge in [0.2, 0.25) is 5.28 Å². The van der Waals surface area contributed by atoms with Crippen molar-refractivity contribution >= 4 is 11.6 Å². The number of hydrogen-bond acceptors (Lipinski definition) is 4. The number of methoxy groups -OCH3 is 1. The van der Waals surface area contributed by atoms with Crippen molar-refractivity contribution in [2.24, 2.45) is 0 Å². The number of ether oxygens (including phenoxy) is 1. The highest BCUT2D eigenvalue weighted by atomic mass is 35.5. The summed E-state index contributed by atoms with van der Waals surface area (Å²) in [6.45, 7) is 1.24. The Hall–Kier alpha value is -1.53. The van der Waals surface area contributed by atoms with E-state index in [0.29, 0.717) is 18.8 Å². The Kier molecular flexibility index (Phi) is 4.22. The van der Waals surface area contributed by atoms with Crippen molar-refractivity contribution in [3.05, 3.63) is 29.6 Å². The Labute approximate surface area is 109 Å². The number of aromatic nitrogens is 4. The van der Waals surface area contributed by atoms with Gasteiger partial charge in [-0.1, -0.05) is 0 Å². The first-order valence-corrected chi connectivity index (χ1v) is 5.79. The molecule has 0 aliphatic rings. The van der Waals surface area contributed by atoms with Crippen LogP contribution in [0.1, 0.15) is 6.42 Å². The van der Waals surface area contributed by atoms with Gasteiger partial charge in [-0.05, 0) is 24.1 Å². The summed E-state index contributed by atoms with van der Waals surface area (Å²) in [6, 6.07) is 1.69. The summed E-state index contributed by atoms with van der Waals surface area (Å²) in [5, 5.41) is 4.14. The van der Waals surface area contributed by atoms with Crippen LogP contribution in [-0.4, -0.2) is 33.5 Å². The van der Waals surface area contributed by atoms with Gasteiger partial charge in [0.15, 0.2) is 5.82 Å².